The van der Waals surface area contributed by atoms with Gasteiger partial charge in [0.1, 0.15) is 0 Å². The fourth-order valence-corrected chi connectivity index (χ4v) is 4.07. The highest BCUT2D eigenvalue weighted by Gasteiger charge is 2.27. The molecule has 1 saturated heterocycles. The zero-order valence-electron chi connectivity index (χ0n) is 15.1. The molecule has 1 heterocycles. The maximum absolute atomic E-state index is 12.3. The van der Waals surface area contributed by atoms with Crippen molar-refractivity contribution >= 4 is 29.4 Å². The lowest BCUT2D eigenvalue weighted by atomic mass is 9.99. The van der Waals surface area contributed by atoms with Crippen LogP contribution in [0.3, 0.4) is 0 Å². The third kappa shape index (κ3) is 4.07. The molecule has 2 N–H and O–H groups in total. The summed E-state index contributed by atoms with van der Waals surface area (Å²) in [7, 11) is 0. The molecule has 0 spiro atoms. The molecule has 130 valence electrons. The van der Waals surface area contributed by atoms with Crippen LogP contribution < -0.4 is 10.6 Å². The van der Waals surface area contributed by atoms with Gasteiger partial charge in [0, 0.05) is 5.69 Å². The van der Waals surface area contributed by atoms with Crippen LogP contribution in [0.25, 0.3) is 6.08 Å². The van der Waals surface area contributed by atoms with Gasteiger partial charge < -0.3 is 10.6 Å². The molecular weight excluding hydrogens is 328 g/mol. The van der Waals surface area contributed by atoms with Gasteiger partial charge in [0.2, 0.25) is 0 Å². The Morgan fingerprint density at radius 1 is 1.12 bits per heavy atom. The maximum atomic E-state index is 12.3. The number of benzene rings is 2. The molecule has 25 heavy (non-hydrogen) atoms. The van der Waals surface area contributed by atoms with Gasteiger partial charge in [0.05, 0.1) is 4.91 Å². The minimum Gasteiger partial charge on any atom is -0.357 e. The van der Waals surface area contributed by atoms with E-state index in [2.05, 4.69) is 74.7 Å². The van der Waals surface area contributed by atoms with Gasteiger partial charge in [-0.15, -0.1) is 0 Å². The number of rotatable bonds is 4. The zero-order valence-corrected chi connectivity index (χ0v) is 16.0. The van der Waals surface area contributed by atoms with E-state index in [1.807, 2.05) is 6.08 Å². The van der Waals surface area contributed by atoms with Crippen molar-refractivity contribution in [1.29, 1.82) is 0 Å². The molecule has 2 aromatic rings. The fourth-order valence-electron chi connectivity index (χ4n) is 3.10. The second kappa shape index (κ2) is 7.36. The van der Waals surface area contributed by atoms with Crippen molar-refractivity contribution in [3.63, 3.8) is 0 Å². The third-order valence-corrected chi connectivity index (χ3v) is 5.43. The Bertz CT molecular complexity index is 801. The van der Waals surface area contributed by atoms with E-state index in [9.17, 15) is 4.79 Å². The summed E-state index contributed by atoms with van der Waals surface area (Å²) < 4.78 is 0. The third-order valence-electron chi connectivity index (χ3n) is 4.40. The van der Waals surface area contributed by atoms with Gasteiger partial charge in [-0.2, -0.15) is 0 Å². The summed E-state index contributed by atoms with van der Waals surface area (Å²) >= 11 is 1.53. The normalized spacial score (nSPS) is 18.5. The summed E-state index contributed by atoms with van der Waals surface area (Å²) in [5.41, 5.74) is 6.96. The highest BCUT2D eigenvalue weighted by atomic mass is 32.2. The number of carbonyl (C=O) groups excluding carboxylic acids is 1. The summed E-state index contributed by atoms with van der Waals surface area (Å²) in [6.45, 7) is 8.42. The van der Waals surface area contributed by atoms with Crippen molar-refractivity contribution < 1.29 is 4.79 Å². The van der Waals surface area contributed by atoms with Crippen molar-refractivity contribution in [2.24, 2.45) is 0 Å². The van der Waals surface area contributed by atoms with E-state index in [0.29, 0.717) is 0 Å². The van der Waals surface area contributed by atoms with Crippen molar-refractivity contribution in [2.45, 2.75) is 39.6 Å². The van der Waals surface area contributed by atoms with Gasteiger partial charge in [0.25, 0.3) is 5.91 Å². The number of hydrogen-bond donors (Lipinski definition) is 2. The second-order valence-corrected chi connectivity index (χ2v) is 7.63. The first kappa shape index (κ1) is 17.6. The van der Waals surface area contributed by atoms with E-state index in [4.69, 9.17) is 0 Å². The molecule has 1 amide bonds. The average Bonchev–Trinajstić information content (AvgIpc) is 2.91. The average molecular weight is 353 g/mol. The molecule has 0 saturated carbocycles. The van der Waals surface area contributed by atoms with Gasteiger partial charge in [-0.25, -0.2) is 0 Å². The molecule has 1 atom stereocenters. The number of hydrogen-bond acceptors (Lipinski definition) is 3. The molecule has 2 aromatic carbocycles. The molecular formula is C21H24N2OS. The van der Waals surface area contributed by atoms with E-state index in [1.54, 1.807) is 0 Å². The molecule has 1 fully saturated rings. The summed E-state index contributed by atoms with van der Waals surface area (Å²) in [4.78, 5) is 13.1. The fraction of sp³-hybridized carbons (Fsp3) is 0.286. The molecule has 3 nitrogen and oxygen atoms in total. The van der Waals surface area contributed by atoms with Crippen LogP contribution in [0.4, 0.5) is 5.69 Å². The van der Waals surface area contributed by atoms with E-state index >= 15 is 0 Å². The molecule has 3 rings (SSSR count). The number of amides is 1. The molecule has 0 radical (unpaired) electrons. The molecule has 0 unspecified atom stereocenters. The second-order valence-electron chi connectivity index (χ2n) is 6.49. The van der Waals surface area contributed by atoms with Gasteiger partial charge in [-0.1, -0.05) is 48.5 Å². The molecule has 1 aliphatic rings. The zero-order chi connectivity index (χ0) is 18.0. The predicted molar refractivity (Wildman–Crippen MR) is 108 cm³/mol. The molecule has 4 heteroatoms. The Morgan fingerprint density at radius 3 is 2.36 bits per heavy atom. The van der Waals surface area contributed by atoms with E-state index in [1.165, 1.54) is 34.0 Å². The van der Waals surface area contributed by atoms with Crippen LogP contribution >= 0.6 is 11.8 Å². The van der Waals surface area contributed by atoms with Gasteiger partial charge in [0.15, 0.2) is 5.50 Å². The predicted octanol–water partition coefficient (Wildman–Crippen LogP) is 4.77. The van der Waals surface area contributed by atoms with E-state index in [-0.39, 0.29) is 11.4 Å². The summed E-state index contributed by atoms with van der Waals surface area (Å²) in [5, 5.41) is 6.36. The minimum absolute atomic E-state index is 0.0212. The Labute approximate surface area is 153 Å². The Morgan fingerprint density at radius 2 is 1.76 bits per heavy atom. The smallest absolute Gasteiger partial charge is 0.260 e. The molecule has 0 bridgehead atoms. The number of aryl methyl sites for hydroxylation is 4. The standard InChI is InChI=1S/C21H24N2OS/c1-5-16-6-8-17(9-7-16)22-21-23-20(24)19(25-21)12-18-14(3)10-13(2)11-15(18)4/h6-12,21-22H,5H2,1-4H3,(H,23,24)/b19-12-/t21-/m1/s1. The van der Waals surface area contributed by atoms with Gasteiger partial charge in [-0.3, -0.25) is 4.79 Å². The van der Waals surface area contributed by atoms with E-state index in [0.717, 1.165) is 22.6 Å². The molecule has 0 aliphatic carbocycles. The lowest BCUT2D eigenvalue weighted by Crippen LogP contribution is -2.30. The highest BCUT2D eigenvalue weighted by molar-refractivity contribution is 8.05. The van der Waals surface area contributed by atoms with Gasteiger partial charge in [-0.05, 0) is 67.7 Å². The lowest BCUT2D eigenvalue weighted by Gasteiger charge is -2.13. The first-order valence-electron chi connectivity index (χ1n) is 8.59. The first-order chi connectivity index (χ1) is 12.0. The van der Waals surface area contributed by atoms with Crippen molar-refractivity contribution in [3.05, 3.63) is 69.1 Å². The maximum Gasteiger partial charge on any atom is 0.260 e. The Hall–Kier alpha value is -2.20. The summed E-state index contributed by atoms with van der Waals surface area (Å²) in [5.74, 6) is -0.0212. The van der Waals surface area contributed by atoms with Crippen LogP contribution in [-0.2, 0) is 11.2 Å². The number of anilines is 1. The SMILES string of the molecule is CCc1ccc(N[C@@H]2NC(=O)/C(=C/c3c(C)cc(C)cc3C)S2)cc1. The van der Waals surface area contributed by atoms with E-state index < -0.39 is 0 Å². The molecule has 1 aliphatic heterocycles. The Balaban J connectivity index is 1.76. The van der Waals surface area contributed by atoms with Crippen LogP contribution in [0, 0.1) is 20.8 Å². The van der Waals surface area contributed by atoms with Crippen LogP contribution in [-0.4, -0.2) is 11.4 Å². The topological polar surface area (TPSA) is 41.1 Å². The van der Waals surface area contributed by atoms with Crippen LogP contribution in [0.1, 0.15) is 34.7 Å². The van der Waals surface area contributed by atoms with Crippen LogP contribution in [0.15, 0.2) is 41.3 Å². The monoisotopic (exact) mass is 352 g/mol. The van der Waals surface area contributed by atoms with Crippen LogP contribution in [0.5, 0.6) is 0 Å². The van der Waals surface area contributed by atoms with Crippen molar-refractivity contribution in [1.82, 2.24) is 5.32 Å². The quantitative estimate of drug-likeness (QED) is 0.779. The number of thioether (sulfide) groups is 1. The number of carbonyl (C=O) groups is 1. The summed E-state index contributed by atoms with van der Waals surface area (Å²) in [6.07, 6.45) is 3.03. The first-order valence-corrected chi connectivity index (χ1v) is 9.47. The molecule has 0 aromatic heterocycles. The highest BCUT2D eigenvalue weighted by Crippen LogP contribution is 2.31. The lowest BCUT2D eigenvalue weighted by molar-refractivity contribution is -0.116. The van der Waals surface area contributed by atoms with Crippen LogP contribution in [0.2, 0.25) is 0 Å². The largest absolute Gasteiger partial charge is 0.357 e. The Kier molecular flexibility index (Phi) is 5.19. The van der Waals surface area contributed by atoms with Crippen molar-refractivity contribution in [3.8, 4) is 0 Å². The minimum atomic E-state index is -0.141. The van der Waals surface area contributed by atoms with Crippen molar-refractivity contribution in [2.75, 3.05) is 5.32 Å². The van der Waals surface area contributed by atoms with Gasteiger partial charge >= 0.3 is 0 Å². The summed E-state index contributed by atoms with van der Waals surface area (Å²) in [6, 6.07) is 12.6. The number of nitrogens with one attached hydrogen (secondary N) is 2.